The Hall–Kier alpha value is -1.44. The minimum atomic E-state index is -6.00. The zero-order chi connectivity index (χ0) is 14.1. The third-order valence-corrected chi connectivity index (χ3v) is 1.92. The van der Waals surface area contributed by atoms with Crippen molar-refractivity contribution in [1.29, 1.82) is 0 Å². The quantitative estimate of drug-likeness (QED) is 0.290. The van der Waals surface area contributed by atoms with Crippen LogP contribution in [0.25, 0.3) is 0 Å². The van der Waals surface area contributed by atoms with Gasteiger partial charge in [0.2, 0.25) is 0 Å². The summed E-state index contributed by atoms with van der Waals surface area (Å²) < 4.78 is 39.0. The Morgan fingerprint density at radius 3 is 1.57 bits per heavy atom. The largest absolute Gasteiger partial charge is 0.673 e. The third kappa shape index (κ3) is 13.3. The first-order valence-corrected chi connectivity index (χ1v) is 5.46. The molecule has 0 aliphatic rings. The molecule has 0 bridgehead atoms. The van der Waals surface area contributed by atoms with Gasteiger partial charge in [-0.05, 0) is 17.7 Å². The monoisotopic (exact) mass is 389 g/mol. The zero-order valence-electron chi connectivity index (χ0n) is 11.2. The molecule has 1 nitrogen and oxygen atoms in total. The van der Waals surface area contributed by atoms with Crippen LogP contribution in [0.4, 0.5) is 23.0 Å². The van der Waals surface area contributed by atoms with Crippen molar-refractivity contribution in [3.05, 3.63) is 73.7 Å². The minimum absolute atomic E-state index is 0. The van der Waals surface area contributed by atoms with E-state index >= 15 is 0 Å². The molecule has 0 amide bonds. The van der Waals surface area contributed by atoms with Crippen molar-refractivity contribution in [2.45, 2.75) is 0 Å². The number of nitrogens with zero attached hydrogens (tertiary/aromatic N) is 1. The van der Waals surface area contributed by atoms with Crippen molar-refractivity contribution >= 4 is 19.2 Å². The van der Waals surface area contributed by atoms with Crippen molar-refractivity contribution in [3.63, 3.8) is 0 Å². The van der Waals surface area contributed by atoms with Gasteiger partial charge in [-0.2, -0.15) is 0 Å². The third-order valence-electron chi connectivity index (χ3n) is 1.92. The fraction of sp³-hybridized carbons (Fsp3) is 0. The molecule has 2 aromatic carbocycles. The summed E-state index contributed by atoms with van der Waals surface area (Å²) in [5.74, 6) is 0. The summed E-state index contributed by atoms with van der Waals surface area (Å²) in [6.45, 7) is 0. The Balaban J connectivity index is 0. The minimum Gasteiger partial charge on any atom is -0.418 e. The molecule has 0 radical (unpaired) electrons. The molecule has 0 saturated carbocycles. The summed E-state index contributed by atoms with van der Waals surface area (Å²) in [6, 6.07) is 20.0. The first-order chi connectivity index (χ1) is 8.95. The Morgan fingerprint density at radius 2 is 1.14 bits per heavy atom. The van der Waals surface area contributed by atoms with Crippen LogP contribution in [0.2, 0.25) is 0 Å². The van der Waals surface area contributed by atoms with Crippen molar-refractivity contribution in [3.8, 4) is 0 Å². The second-order valence-electron chi connectivity index (χ2n) is 3.50. The molecule has 0 aliphatic heterocycles. The van der Waals surface area contributed by atoms with Crippen LogP contribution < -0.4 is 0 Å². The van der Waals surface area contributed by atoms with E-state index in [0.717, 1.165) is 11.3 Å². The van der Waals surface area contributed by atoms with Gasteiger partial charge in [-0.15, -0.1) is 0 Å². The fourth-order valence-electron chi connectivity index (χ4n) is 1.20. The maximum Gasteiger partial charge on any atom is 0.673 e. The average Bonchev–Trinajstić information content (AvgIpc) is 2.37. The van der Waals surface area contributed by atoms with Crippen LogP contribution >= 0.6 is 0 Å². The number of aliphatic imine (C=N–C) groups is 1. The van der Waals surface area contributed by atoms with Crippen LogP contribution in [-0.4, -0.2) is 13.5 Å². The molecule has 0 aromatic heterocycles. The van der Waals surface area contributed by atoms with Gasteiger partial charge in [0.1, 0.15) is 0 Å². The summed E-state index contributed by atoms with van der Waals surface area (Å²) in [7, 11) is -6.00. The van der Waals surface area contributed by atoms with Crippen LogP contribution in [0.5, 0.6) is 0 Å². The SMILES string of the molecule is C(=Nc1ccccc1)c1ccccc1.F[B-](F)(F)F.[CH3-].[Pd]. The summed E-state index contributed by atoms with van der Waals surface area (Å²) >= 11 is 0. The van der Waals surface area contributed by atoms with Crippen LogP contribution in [0.15, 0.2) is 65.7 Å². The molecule has 7 heteroatoms. The van der Waals surface area contributed by atoms with Gasteiger partial charge in [0.15, 0.2) is 0 Å². The number of para-hydroxylation sites is 1. The van der Waals surface area contributed by atoms with Gasteiger partial charge in [0.05, 0.1) is 5.69 Å². The summed E-state index contributed by atoms with van der Waals surface area (Å²) in [4.78, 5) is 4.35. The molecule has 118 valence electrons. The number of hydrogen-bond acceptors (Lipinski definition) is 1. The van der Waals surface area contributed by atoms with Gasteiger partial charge in [0.25, 0.3) is 0 Å². The normalized spacial score (nSPS) is 9.90. The number of benzene rings is 2. The van der Waals surface area contributed by atoms with Crippen molar-refractivity contribution in [2.24, 2.45) is 4.99 Å². The molecule has 0 aliphatic carbocycles. The molecule has 0 saturated heterocycles. The molecule has 0 unspecified atom stereocenters. The molecule has 0 fully saturated rings. The summed E-state index contributed by atoms with van der Waals surface area (Å²) in [6.07, 6.45) is 1.87. The van der Waals surface area contributed by atoms with E-state index < -0.39 is 7.25 Å². The fourth-order valence-corrected chi connectivity index (χ4v) is 1.20. The van der Waals surface area contributed by atoms with Crippen LogP contribution in [0.3, 0.4) is 0 Å². The second-order valence-corrected chi connectivity index (χ2v) is 3.50. The Bertz CT molecular complexity index is 456. The maximum atomic E-state index is 9.75. The van der Waals surface area contributed by atoms with E-state index in [9.17, 15) is 17.3 Å². The van der Waals surface area contributed by atoms with E-state index in [1.54, 1.807) is 0 Å². The Labute approximate surface area is 135 Å². The maximum absolute atomic E-state index is 9.75. The standard InChI is InChI=1S/C13H11N.CH3.BF4.Pd/c1-3-7-12(8-4-1)11-14-13-9-5-2-6-10-13;;2-1(3,4)5;/h1-11H;1H3;;/q;2*-1;. The van der Waals surface area contributed by atoms with Crippen LogP contribution in [0.1, 0.15) is 5.56 Å². The van der Waals surface area contributed by atoms with E-state index in [1.165, 1.54) is 0 Å². The number of hydrogen-bond donors (Lipinski definition) is 0. The molecule has 2 rings (SSSR count). The summed E-state index contributed by atoms with van der Waals surface area (Å²) in [5.41, 5.74) is 2.10. The Kier molecular flexibility index (Phi) is 11.7. The van der Waals surface area contributed by atoms with Crippen LogP contribution in [-0.2, 0) is 20.4 Å². The molecule has 0 heterocycles. The van der Waals surface area contributed by atoms with Gasteiger partial charge >= 0.3 is 7.25 Å². The summed E-state index contributed by atoms with van der Waals surface area (Å²) in [5, 5.41) is 0. The van der Waals surface area contributed by atoms with Crippen LogP contribution in [0, 0.1) is 7.43 Å². The van der Waals surface area contributed by atoms with Crippen molar-refractivity contribution in [2.75, 3.05) is 0 Å². The predicted octanol–water partition coefficient (Wildman–Crippen LogP) is 5.18. The Morgan fingerprint density at radius 1 is 0.762 bits per heavy atom. The second kappa shape index (κ2) is 11.2. The van der Waals surface area contributed by atoms with Crippen molar-refractivity contribution in [1.82, 2.24) is 0 Å². The van der Waals surface area contributed by atoms with E-state index in [2.05, 4.69) is 4.99 Å². The van der Waals surface area contributed by atoms with Gasteiger partial charge in [0, 0.05) is 26.6 Å². The van der Waals surface area contributed by atoms with E-state index in [-0.39, 0.29) is 27.8 Å². The smallest absolute Gasteiger partial charge is 0.418 e. The van der Waals surface area contributed by atoms with Gasteiger partial charge in [-0.3, -0.25) is 4.99 Å². The molecule has 2 aromatic rings. The first kappa shape index (κ1) is 21.8. The molecular weight excluding hydrogens is 375 g/mol. The van der Waals surface area contributed by atoms with E-state index in [0.29, 0.717) is 0 Å². The number of rotatable bonds is 2. The molecule has 0 spiro atoms. The number of halogens is 4. The van der Waals surface area contributed by atoms with E-state index in [1.807, 2.05) is 66.9 Å². The molecule has 0 atom stereocenters. The van der Waals surface area contributed by atoms with Gasteiger partial charge in [-0.1, -0.05) is 48.5 Å². The average molecular weight is 389 g/mol. The van der Waals surface area contributed by atoms with Gasteiger partial charge in [-0.25, -0.2) is 0 Å². The topological polar surface area (TPSA) is 12.4 Å². The molecule has 0 N–H and O–H groups in total. The predicted molar refractivity (Wildman–Crippen MR) is 76.7 cm³/mol. The van der Waals surface area contributed by atoms with Crippen molar-refractivity contribution < 1.29 is 37.7 Å². The van der Waals surface area contributed by atoms with Gasteiger partial charge < -0.3 is 24.7 Å². The van der Waals surface area contributed by atoms with E-state index in [4.69, 9.17) is 0 Å². The molecular formula is C14H14BF4NPd-2. The zero-order valence-corrected chi connectivity index (χ0v) is 12.8. The first-order valence-electron chi connectivity index (χ1n) is 5.46. The molecule has 21 heavy (non-hydrogen) atoms.